The number of H-pyrrole nitrogens is 1. The molecule has 55 heavy (non-hydrogen) atoms. The lowest BCUT2D eigenvalue weighted by molar-refractivity contribution is -0.143. The number of carbonyl (C=O) groups excluding carboxylic acids is 2. The Morgan fingerprint density at radius 1 is 0.982 bits per heavy atom. The Morgan fingerprint density at radius 2 is 1.80 bits per heavy atom. The summed E-state index contributed by atoms with van der Waals surface area (Å²) in [5, 5.41) is 28.1. The molecule has 0 unspecified atom stereocenters. The van der Waals surface area contributed by atoms with E-state index >= 15 is 0 Å². The molecule has 0 spiro atoms. The minimum atomic E-state index is -1.37. The van der Waals surface area contributed by atoms with E-state index in [1.165, 1.54) is 6.33 Å². The molecule has 4 heterocycles. The molecule has 2 amide bonds. The molecular formula is C40H41N11O4. The van der Waals surface area contributed by atoms with E-state index in [2.05, 4.69) is 37.6 Å². The summed E-state index contributed by atoms with van der Waals surface area (Å²) >= 11 is 0. The number of aryl methyl sites for hydroxylation is 2. The number of pyridine rings is 1. The highest BCUT2D eigenvalue weighted by Crippen LogP contribution is 2.33. The quantitative estimate of drug-likeness (QED) is 0.128. The summed E-state index contributed by atoms with van der Waals surface area (Å²) in [6, 6.07) is 19.7. The monoisotopic (exact) mass is 739 g/mol. The highest BCUT2D eigenvalue weighted by atomic mass is 16.5. The minimum Gasteiger partial charge on any atom is -0.490 e. The number of aromatic nitrogens is 6. The standard InChI is InChI=1S/C40H41N11O4/c1-5-51-35(52)23-50(37-38(51)48-34(22-43-37)32-15-16-33(46-27(32)3)36-44-25-45-49-36)17-7-6-8-18-55-40(4,24-54-31-13-9-28(20-41)10-14-31)39(53)47-30-12-11-29(21-42)26(2)19-30/h9-16,19,22,25H,5-8,17-18,23-24H2,1-4H3,(H,47,53)(H,44,45,49)/t40-/m0/s1. The molecule has 0 radical (unpaired) electrons. The number of anilines is 3. The summed E-state index contributed by atoms with van der Waals surface area (Å²) in [5.41, 5.74) is 3.75. The molecule has 15 heteroatoms. The van der Waals surface area contributed by atoms with E-state index in [4.69, 9.17) is 24.7 Å². The minimum absolute atomic E-state index is 0.0539. The Hall–Kier alpha value is -6.71. The molecule has 280 valence electrons. The third kappa shape index (κ3) is 8.75. The van der Waals surface area contributed by atoms with E-state index in [0.29, 0.717) is 70.9 Å². The van der Waals surface area contributed by atoms with Crippen molar-refractivity contribution >= 4 is 29.1 Å². The van der Waals surface area contributed by atoms with Gasteiger partial charge >= 0.3 is 0 Å². The van der Waals surface area contributed by atoms with Crippen molar-refractivity contribution < 1.29 is 19.1 Å². The largest absolute Gasteiger partial charge is 0.490 e. The van der Waals surface area contributed by atoms with Crippen molar-refractivity contribution in [1.29, 1.82) is 10.5 Å². The zero-order valence-electron chi connectivity index (χ0n) is 31.2. The Labute approximate surface area is 319 Å². The average Bonchev–Trinajstić information content (AvgIpc) is 3.74. The predicted octanol–water partition coefficient (Wildman–Crippen LogP) is 5.52. The van der Waals surface area contributed by atoms with Crippen LogP contribution in [0.2, 0.25) is 0 Å². The van der Waals surface area contributed by atoms with Crippen molar-refractivity contribution in [2.75, 3.05) is 48.0 Å². The SMILES string of the molecule is CCN1C(=O)CN(CCCCCO[C@@](C)(COc2ccc(C#N)cc2)C(=O)Nc2ccc(C#N)c(C)c2)c2ncc(-c3ccc(-c4ncn[nH]4)nc3C)nc21. The number of ether oxygens (including phenoxy) is 2. The zero-order valence-corrected chi connectivity index (χ0v) is 31.2. The molecule has 0 saturated carbocycles. The lowest BCUT2D eigenvalue weighted by atomic mass is 10.1. The number of likely N-dealkylation sites (N-methyl/N-ethyl adjacent to an activating group) is 1. The number of rotatable bonds is 15. The molecule has 2 aromatic carbocycles. The number of hydrogen-bond donors (Lipinski definition) is 2. The topological polar surface area (TPSA) is 199 Å². The number of carbonyl (C=O) groups is 2. The first kappa shape index (κ1) is 38.0. The van der Waals surface area contributed by atoms with Gasteiger partial charge in [0.05, 0.1) is 41.7 Å². The van der Waals surface area contributed by atoms with Crippen LogP contribution in [0.3, 0.4) is 0 Å². The van der Waals surface area contributed by atoms with Crippen molar-refractivity contribution in [1.82, 2.24) is 30.1 Å². The maximum Gasteiger partial charge on any atom is 0.259 e. The van der Waals surface area contributed by atoms with Gasteiger partial charge in [0.2, 0.25) is 5.91 Å². The molecular weight excluding hydrogens is 699 g/mol. The third-order valence-corrected chi connectivity index (χ3v) is 9.33. The molecule has 0 bridgehead atoms. The van der Waals surface area contributed by atoms with E-state index in [1.54, 1.807) is 67.4 Å². The Balaban J connectivity index is 1.08. The van der Waals surface area contributed by atoms with Crippen LogP contribution in [0, 0.1) is 36.5 Å². The number of amides is 2. The molecule has 1 atom stereocenters. The first-order valence-electron chi connectivity index (χ1n) is 18.0. The zero-order chi connectivity index (χ0) is 39.0. The summed E-state index contributed by atoms with van der Waals surface area (Å²) < 4.78 is 12.2. The van der Waals surface area contributed by atoms with Crippen LogP contribution >= 0.6 is 0 Å². The second kappa shape index (κ2) is 17.0. The summed E-state index contributed by atoms with van der Waals surface area (Å²) in [6.45, 7) is 8.71. The van der Waals surface area contributed by atoms with Crippen LogP contribution in [0.15, 0.2) is 67.1 Å². The number of hydrogen-bond acceptors (Lipinski definition) is 12. The van der Waals surface area contributed by atoms with Gasteiger partial charge < -0.3 is 19.7 Å². The first-order chi connectivity index (χ1) is 26.6. The van der Waals surface area contributed by atoms with Gasteiger partial charge in [-0.1, -0.05) is 0 Å². The van der Waals surface area contributed by atoms with Gasteiger partial charge in [0.15, 0.2) is 23.1 Å². The number of nitriles is 2. The number of unbranched alkanes of at least 4 members (excludes halogenated alkanes) is 2. The van der Waals surface area contributed by atoms with Crippen LogP contribution in [0.1, 0.15) is 55.5 Å². The highest BCUT2D eigenvalue weighted by Gasteiger charge is 2.36. The van der Waals surface area contributed by atoms with E-state index in [0.717, 1.165) is 29.7 Å². The third-order valence-electron chi connectivity index (χ3n) is 9.33. The molecule has 1 aliphatic heterocycles. The molecule has 2 N–H and O–H groups in total. The Bertz CT molecular complexity index is 2250. The lowest BCUT2D eigenvalue weighted by Gasteiger charge is -2.35. The fourth-order valence-corrected chi connectivity index (χ4v) is 6.18. The van der Waals surface area contributed by atoms with Crippen molar-refractivity contribution in [2.45, 2.75) is 52.6 Å². The highest BCUT2D eigenvalue weighted by molar-refractivity contribution is 6.01. The van der Waals surface area contributed by atoms with E-state index < -0.39 is 11.5 Å². The van der Waals surface area contributed by atoms with Crippen molar-refractivity contribution in [3.63, 3.8) is 0 Å². The van der Waals surface area contributed by atoms with Gasteiger partial charge in [0.25, 0.3) is 5.91 Å². The number of aromatic amines is 1. The molecule has 3 aromatic heterocycles. The molecule has 0 saturated heterocycles. The van der Waals surface area contributed by atoms with E-state index in [9.17, 15) is 14.9 Å². The maximum atomic E-state index is 13.7. The van der Waals surface area contributed by atoms with Gasteiger partial charge in [-0.2, -0.15) is 15.6 Å². The Morgan fingerprint density at radius 3 is 2.49 bits per heavy atom. The van der Waals surface area contributed by atoms with Gasteiger partial charge in [-0.05, 0) is 107 Å². The maximum absolute atomic E-state index is 13.7. The second-order valence-electron chi connectivity index (χ2n) is 13.3. The van der Waals surface area contributed by atoms with Gasteiger partial charge in [0, 0.05) is 36.6 Å². The summed E-state index contributed by atoms with van der Waals surface area (Å²) in [6.07, 6.45) is 5.29. The van der Waals surface area contributed by atoms with Gasteiger partial charge in [-0.25, -0.2) is 19.9 Å². The van der Waals surface area contributed by atoms with Crippen LogP contribution in [0.25, 0.3) is 22.8 Å². The van der Waals surface area contributed by atoms with Gasteiger partial charge in [0.1, 0.15) is 24.4 Å². The smallest absolute Gasteiger partial charge is 0.259 e. The fourth-order valence-electron chi connectivity index (χ4n) is 6.18. The lowest BCUT2D eigenvalue weighted by Crippen LogP contribution is -2.48. The first-order valence-corrected chi connectivity index (χ1v) is 18.0. The predicted molar refractivity (Wildman–Crippen MR) is 205 cm³/mol. The molecule has 6 rings (SSSR count). The van der Waals surface area contributed by atoms with Gasteiger partial charge in [-0.15, -0.1) is 0 Å². The summed E-state index contributed by atoms with van der Waals surface area (Å²) in [5.74, 6) is 1.77. The number of fused-ring (bicyclic) bond motifs is 1. The van der Waals surface area contributed by atoms with Crippen molar-refractivity contribution in [2.24, 2.45) is 0 Å². The van der Waals surface area contributed by atoms with Crippen LogP contribution < -0.4 is 19.9 Å². The van der Waals surface area contributed by atoms with Crippen LogP contribution in [0.4, 0.5) is 17.3 Å². The molecule has 0 fully saturated rings. The van der Waals surface area contributed by atoms with Crippen molar-refractivity contribution in [3.05, 3.63) is 89.5 Å². The van der Waals surface area contributed by atoms with E-state index in [-0.39, 0.29) is 25.7 Å². The van der Waals surface area contributed by atoms with Crippen molar-refractivity contribution in [3.8, 4) is 40.7 Å². The number of nitrogens with zero attached hydrogens (tertiary/aromatic N) is 9. The average molecular weight is 740 g/mol. The van der Waals surface area contributed by atoms with Crippen LogP contribution in [-0.4, -0.2) is 80.4 Å². The number of nitrogens with one attached hydrogen (secondary N) is 2. The molecule has 0 aliphatic carbocycles. The van der Waals surface area contributed by atoms with E-state index in [1.807, 2.05) is 30.9 Å². The second-order valence-corrected chi connectivity index (χ2v) is 13.3. The van der Waals surface area contributed by atoms with Gasteiger partial charge in [-0.3, -0.25) is 19.6 Å². The summed E-state index contributed by atoms with van der Waals surface area (Å²) in [7, 11) is 0. The normalized spacial score (nSPS) is 13.4. The fraction of sp³-hybridized carbons (Fsp3) is 0.325. The van der Waals surface area contributed by atoms with Crippen LogP contribution in [0.5, 0.6) is 5.75 Å². The molecule has 5 aromatic rings. The molecule has 1 aliphatic rings. The summed E-state index contributed by atoms with van der Waals surface area (Å²) in [4.78, 5) is 49.1. The molecule has 15 nitrogen and oxygen atoms in total. The van der Waals surface area contributed by atoms with Crippen LogP contribution in [-0.2, 0) is 14.3 Å². The number of benzene rings is 2. The Kier molecular flexibility index (Phi) is 11.7.